The lowest BCUT2D eigenvalue weighted by atomic mass is 10.0. The van der Waals surface area contributed by atoms with E-state index in [-0.39, 0.29) is 38.4 Å². The second-order valence-corrected chi connectivity index (χ2v) is 4.98. The predicted molar refractivity (Wildman–Crippen MR) is 85.4 cm³/mol. The van der Waals surface area contributed by atoms with E-state index in [2.05, 4.69) is 0 Å². The molecule has 21 heavy (non-hydrogen) atoms. The minimum absolute atomic E-state index is 0.158. The van der Waals surface area contributed by atoms with Crippen molar-refractivity contribution in [2.24, 2.45) is 0 Å². The summed E-state index contributed by atoms with van der Waals surface area (Å²) in [5.74, 6) is -0.158. The summed E-state index contributed by atoms with van der Waals surface area (Å²) in [5, 5.41) is 9.37. The molecule has 2 rings (SSSR count). The molecule has 0 bridgehead atoms. The van der Waals surface area contributed by atoms with Crippen LogP contribution in [0.15, 0.2) is 18.2 Å². The van der Waals surface area contributed by atoms with E-state index in [1.807, 2.05) is 12.1 Å². The number of carbonyl (C=O) groups is 1. The fraction of sp³-hybridized carbons (Fsp3) is 0.588. The van der Waals surface area contributed by atoms with Crippen molar-refractivity contribution >= 4 is 11.6 Å². The molecule has 0 fully saturated rings. The number of amides is 1. The Balaban J connectivity index is 2.26. The quantitative estimate of drug-likeness (QED) is 0.799. The second kappa shape index (κ2) is 7.57. The molecule has 0 saturated carbocycles. The molecule has 0 aliphatic carbocycles. The standard InChI is InChI=1S/C17H26N2O2/c1-3-9-18(10-4-2)11-8-14-6-5-7-16-15(14)12-17(21)19(16)13-20/h5-7,20H,3-4,8-13H2,1-2H3/i9D2,10D2. The lowest BCUT2D eigenvalue weighted by Crippen LogP contribution is -2.28. The Kier molecular flexibility index (Phi) is 4.04. The van der Waals surface area contributed by atoms with Gasteiger partial charge in [-0.15, -0.1) is 0 Å². The van der Waals surface area contributed by atoms with E-state index in [1.54, 1.807) is 19.9 Å². The Bertz CT molecular complexity index is 621. The van der Waals surface area contributed by atoms with Crippen molar-refractivity contribution in [3.63, 3.8) is 0 Å². The van der Waals surface area contributed by atoms with E-state index in [0.29, 0.717) is 12.1 Å². The lowest BCUT2D eigenvalue weighted by molar-refractivity contribution is -0.118. The first kappa shape index (κ1) is 11.2. The fourth-order valence-corrected chi connectivity index (χ4v) is 2.68. The zero-order chi connectivity index (χ0) is 18.8. The first-order valence-corrected chi connectivity index (χ1v) is 7.47. The van der Waals surface area contributed by atoms with Gasteiger partial charge >= 0.3 is 0 Å². The highest BCUT2D eigenvalue weighted by molar-refractivity contribution is 6.01. The average molecular weight is 294 g/mol. The van der Waals surface area contributed by atoms with Gasteiger partial charge in [0.25, 0.3) is 0 Å². The highest BCUT2D eigenvalue weighted by Crippen LogP contribution is 2.31. The minimum atomic E-state index is -1.75. The highest BCUT2D eigenvalue weighted by atomic mass is 16.3. The van der Waals surface area contributed by atoms with E-state index < -0.39 is 13.0 Å². The van der Waals surface area contributed by atoms with Crippen molar-refractivity contribution in [1.82, 2.24) is 4.90 Å². The van der Waals surface area contributed by atoms with E-state index in [1.165, 1.54) is 9.80 Å². The Morgan fingerprint density at radius 3 is 2.67 bits per heavy atom. The molecule has 1 aliphatic heterocycles. The smallest absolute Gasteiger partial charge is 0.233 e. The molecule has 1 aromatic carbocycles. The van der Waals surface area contributed by atoms with Crippen LogP contribution in [0, 0.1) is 0 Å². The zero-order valence-corrected chi connectivity index (χ0v) is 12.7. The van der Waals surface area contributed by atoms with Crippen molar-refractivity contribution < 1.29 is 15.4 Å². The number of aliphatic hydroxyl groups is 1. The molecule has 4 heteroatoms. The molecule has 1 amide bonds. The van der Waals surface area contributed by atoms with Gasteiger partial charge in [-0.05, 0) is 49.4 Å². The number of carbonyl (C=O) groups excluding carboxylic acids is 1. The maximum Gasteiger partial charge on any atom is 0.233 e. The van der Waals surface area contributed by atoms with Gasteiger partial charge in [0, 0.05) is 17.7 Å². The highest BCUT2D eigenvalue weighted by Gasteiger charge is 2.28. The maximum absolute atomic E-state index is 12.0. The molecule has 0 unspecified atom stereocenters. The minimum Gasteiger partial charge on any atom is -0.376 e. The van der Waals surface area contributed by atoms with E-state index >= 15 is 0 Å². The molecule has 4 nitrogen and oxygen atoms in total. The van der Waals surface area contributed by atoms with Gasteiger partial charge in [0.05, 0.1) is 6.42 Å². The Hall–Kier alpha value is -1.39. The largest absolute Gasteiger partial charge is 0.376 e. The third-order valence-corrected chi connectivity index (χ3v) is 3.61. The molecule has 1 heterocycles. The van der Waals surface area contributed by atoms with Gasteiger partial charge in [-0.3, -0.25) is 9.69 Å². The SMILES string of the molecule is [2H]C([2H])(CC)N(CCc1cccc2c1CC(=O)N2CO)C([2H])([2H])CC. The normalized spacial score (nSPS) is 18.3. The Labute approximate surface area is 133 Å². The van der Waals surface area contributed by atoms with Gasteiger partial charge in [-0.2, -0.15) is 0 Å². The molecular formula is C17H26N2O2. The van der Waals surface area contributed by atoms with Gasteiger partial charge in [0.1, 0.15) is 6.73 Å². The molecule has 0 radical (unpaired) electrons. The van der Waals surface area contributed by atoms with Crippen molar-refractivity contribution in [2.75, 3.05) is 31.2 Å². The topological polar surface area (TPSA) is 43.8 Å². The van der Waals surface area contributed by atoms with Crippen LogP contribution in [0.5, 0.6) is 0 Å². The first-order valence-electron chi connectivity index (χ1n) is 9.47. The summed E-state index contributed by atoms with van der Waals surface area (Å²) in [7, 11) is 0. The summed E-state index contributed by atoms with van der Waals surface area (Å²) in [5.41, 5.74) is 2.43. The van der Waals surface area contributed by atoms with Crippen LogP contribution < -0.4 is 4.90 Å². The van der Waals surface area contributed by atoms with Gasteiger partial charge in [-0.1, -0.05) is 26.0 Å². The molecular weight excluding hydrogens is 264 g/mol. The second-order valence-electron chi connectivity index (χ2n) is 4.98. The molecule has 0 atom stereocenters. The number of rotatable bonds is 8. The summed E-state index contributed by atoms with van der Waals surface area (Å²) in [6.45, 7) is -0.230. The molecule has 116 valence electrons. The average Bonchev–Trinajstić information content (AvgIpc) is 2.90. The fourth-order valence-electron chi connectivity index (χ4n) is 2.68. The summed E-state index contributed by atoms with van der Waals surface area (Å²) in [6, 6.07) is 5.48. The third kappa shape index (κ3) is 3.63. The van der Waals surface area contributed by atoms with Crippen molar-refractivity contribution in [3.05, 3.63) is 29.3 Å². The van der Waals surface area contributed by atoms with Gasteiger partial charge < -0.3 is 10.0 Å². The summed E-state index contributed by atoms with van der Waals surface area (Å²) >= 11 is 0. The third-order valence-electron chi connectivity index (χ3n) is 3.61. The maximum atomic E-state index is 12.0. The van der Waals surface area contributed by atoms with E-state index in [9.17, 15) is 9.90 Å². The van der Waals surface area contributed by atoms with E-state index in [4.69, 9.17) is 5.48 Å². The molecule has 0 saturated heterocycles. The molecule has 1 aromatic rings. The van der Waals surface area contributed by atoms with Crippen LogP contribution in [0.2, 0.25) is 0 Å². The van der Waals surface area contributed by atoms with Crippen LogP contribution >= 0.6 is 0 Å². The van der Waals surface area contributed by atoms with E-state index in [0.717, 1.165) is 11.1 Å². The summed E-state index contributed by atoms with van der Waals surface area (Å²) in [4.78, 5) is 14.6. The first-order chi connectivity index (χ1) is 11.7. The van der Waals surface area contributed by atoms with Crippen LogP contribution in [0.1, 0.15) is 43.3 Å². The molecule has 1 aliphatic rings. The van der Waals surface area contributed by atoms with Crippen LogP contribution in [-0.2, 0) is 17.6 Å². The van der Waals surface area contributed by atoms with Crippen LogP contribution in [0.4, 0.5) is 5.69 Å². The lowest BCUT2D eigenvalue weighted by Gasteiger charge is -2.21. The van der Waals surface area contributed by atoms with Gasteiger partial charge in [0.2, 0.25) is 5.91 Å². The number of nitrogens with zero attached hydrogens (tertiary/aromatic N) is 2. The Morgan fingerprint density at radius 1 is 1.33 bits per heavy atom. The summed E-state index contributed by atoms with van der Waals surface area (Å²) in [6.07, 6.45) is 1.04. The van der Waals surface area contributed by atoms with Crippen molar-refractivity contribution in [3.8, 4) is 0 Å². The number of anilines is 1. The number of aliphatic hydroxyl groups excluding tert-OH is 1. The van der Waals surface area contributed by atoms with Gasteiger partial charge in [-0.25, -0.2) is 0 Å². The molecule has 0 spiro atoms. The van der Waals surface area contributed by atoms with Crippen molar-refractivity contribution in [2.45, 2.75) is 39.5 Å². The Morgan fingerprint density at radius 2 is 2.05 bits per heavy atom. The predicted octanol–water partition coefficient (Wildman–Crippen LogP) is 2.19. The van der Waals surface area contributed by atoms with Crippen LogP contribution in [0.3, 0.4) is 0 Å². The van der Waals surface area contributed by atoms with Crippen LogP contribution in [0.25, 0.3) is 0 Å². The number of hydrogen-bond donors (Lipinski definition) is 1. The molecule has 1 N–H and O–H groups in total. The monoisotopic (exact) mass is 294 g/mol. The van der Waals surface area contributed by atoms with Gasteiger partial charge in [0.15, 0.2) is 0 Å². The van der Waals surface area contributed by atoms with Crippen LogP contribution in [-0.4, -0.2) is 42.2 Å². The molecule has 0 aromatic heterocycles. The van der Waals surface area contributed by atoms with Crippen molar-refractivity contribution in [1.29, 1.82) is 0 Å². The number of hydrogen-bond acceptors (Lipinski definition) is 3. The summed E-state index contributed by atoms with van der Waals surface area (Å²) < 4.78 is 32.6. The zero-order valence-electron chi connectivity index (χ0n) is 16.7. The number of fused-ring (bicyclic) bond motifs is 1. The number of benzene rings is 1.